The predicted octanol–water partition coefficient (Wildman–Crippen LogP) is 3.56. The molecule has 0 saturated carbocycles. The highest BCUT2D eigenvalue weighted by atomic mass is 32.2. The molecule has 5 heteroatoms. The molecular formula is C15H16N2OS2. The maximum absolute atomic E-state index is 12.0. The molecule has 0 aliphatic heterocycles. The van der Waals surface area contributed by atoms with Gasteiger partial charge in [0, 0.05) is 4.88 Å². The summed E-state index contributed by atoms with van der Waals surface area (Å²) >= 11 is 2.81. The number of amides is 1. The molecular weight excluding hydrogens is 288 g/mol. The standard InChI is InChI=1S/C15H16N2OS2/c1-19-15(16)17-14(18)12-9-10-20-13(12)8-7-11-5-3-2-4-6-11/h2-6,9-10H,7-8H2,1H3,(H2,16,17,18). The van der Waals surface area contributed by atoms with Crippen LogP contribution in [0.2, 0.25) is 0 Å². The van der Waals surface area contributed by atoms with Gasteiger partial charge in [-0.1, -0.05) is 42.1 Å². The van der Waals surface area contributed by atoms with E-state index in [1.807, 2.05) is 29.6 Å². The van der Waals surface area contributed by atoms with Crippen molar-refractivity contribution in [1.29, 1.82) is 5.41 Å². The average Bonchev–Trinajstić information content (AvgIpc) is 2.94. The highest BCUT2D eigenvalue weighted by Gasteiger charge is 2.13. The van der Waals surface area contributed by atoms with Gasteiger partial charge in [-0.2, -0.15) is 0 Å². The summed E-state index contributed by atoms with van der Waals surface area (Å²) in [6.45, 7) is 0. The van der Waals surface area contributed by atoms with Gasteiger partial charge in [-0.05, 0) is 36.1 Å². The molecule has 1 aromatic carbocycles. The second kappa shape index (κ2) is 7.26. The molecule has 3 nitrogen and oxygen atoms in total. The Kier molecular flexibility index (Phi) is 5.38. The Hall–Kier alpha value is -1.59. The molecule has 1 heterocycles. The Morgan fingerprint density at radius 1 is 1.25 bits per heavy atom. The molecule has 0 radical (unpaired) electrons. The number of rotatable bonds is 4. The van der Waals surface area contributed by atoms with Crippen molar-refractivity contribution in [3.8, 4) is 0 Å². The summed E-state index contributed by atoms with van der Waals surface area (Å²) in [5.74, 6) is -0.186. The summed E-state index contributed by atoms with van der Waals surface area (Å²) in [4.78, 5) is 13.1. The largest absolute Gasteiger partial charge is 0.301 e. The summed E-state index contributed by atoms with van der Waals surface area (Å²) in [7, 11) is 0. The molecule has 0 atom stereocenters. The molecule has 2 aromatic rings. The second-order valence-corrected chi connectivity index (χ2v) is 6.05. The Balaban J connectivity index is 2.01. The highest BCUT2D eigenvalue weighted by Crippen LogP contribution is 2.19. The van der Waals surface area contributed by atoms with E-state index < -0.39 is 0 Å². The lowest BCUT2D eigenvalue weighted by atomic mass is 10.1. The van der Waals surface area contributed by atoms with Crippen LogP contribution in [0, 0.1) is 5.41 Å². The van der Waals surface area contributed by atoms with Crippen molar-refractivity contribution in [1.82, 2.24) is 5.32 Å². The molecule has 0 aliphatic rings. The summed E-state index contributed by atoms with van der Waals surface area (Å²) < 4.78 is 0. The molecule has 0 bridgehead atoms. The number of carbonyl (C=O) groups excluding carboxylic acids is 1. The van der Waals surface area contributed by atoms with Crippen molar-refractivity contribution in [3.63, 3.8) is 0 Å². The van der Waals surface area contributed by atoms with Crippen LogP contribution in [-0.2, 0) is 12.8 Å². The molecule has 0 aliphatic carbocycles. The van der Waals surface area contributed by atoms with Crippen molar-refractivity contribution < 1.29 is 4.79 Å². The van der Waals surface area contributed by atoms with E-state index >= 15 is 0 Å². The van der Waals surface area contributed by atoms with Crippen molar-refractivity contribution >= 4 is 34.2 Å². The average molecular weight is 304 g/mol. The third-order valence-electron chi connectivity index (χ3n) is 2.90. The molecule has 0 saturated heterocycles. The number of thioether (sulfide) groups is 1. The number of aryl methyl sites for hydroxylation is 2. The quantitative estimate of drug-likeness (QED) is 0.670. The summed E-state index contributed by atoms with van der Waals surface area (Å²) in [5, 5.41) is 12.2. The van der Waals surface area contributed by atoms with E-state index in [1.165, 1.54) is 17.3 Å². The Labute approximate surface area is 126 Å². The Morgan fingerprint density at radius 3 is 2.70 bits per heavy atom. The molecule has 1 amide bonds. The van der Waals surface area contributed by atoms with E-state index in [0.29, 0.717) is 5.56 Å². The third-order valence-corrected chi connectivity index (χ3v) is 4.40. The monoisotopic (exact) mass is 304 g/mol. The fourth-order valence-electron chi connectivity index (χ4n) is 1.86. The van der Waals surface area contributed by atoms with Crippen LogP contribution in [0.1, 0.15) is 20.8 Å². The van der Waals surface area contributed by atoms with Gasteiger partial charge in [0.25, 0.3) is 5.91 Å². The van der Waals surface area contributed by atoms with Gasteiger partial charge < -0.3 is 5.32 Å². The number of nitrogens with one attached hydrogen (secondary N) is 2. The predicted molar refractivity (Wildman–Crippen MR) is 86.9 cm³/mol. The van der Waals surface area contributed by atoms with Crippen molar-refractivity contribution in [2.45, 2.75) is 12.8 Å². The second-order valence-electron chi connectivity index (χ2n) is 4.23. The molecule has 0 unspecified atom stereocenters. The molecule has 0 fully saturated rings. The Bertz CT molecular complexity index is 593. The van der Waals surface area contributed by atoms with Gasteiger partial charge in [-0.15, -0.1) is 11.3 Å². The van der Waals surface area contributed by atoms with Gasteiger partial charge in [0.05, 0.1) is 5.56 Å². The fraction of sp³-hybridized carbons (Fsp3) is 0.200. The van der Waals surface area contributed by atoms with Crippen molar-refractivity contribution in [3.05, 3.63) is 57.8 Å². The van der Waals surface area contributed by atoms with E-state index in [2.05, 4.69) is 17.4 Å². The van der Waals surface area contributed by atoms with Crippen molar-refractivity contribution in [2.75, 3.05) is 6.26 Å². The maximum Gasteiger partial charge on any atom is 0.258 e. The van der Waals surface area contributed by atoms with E-state index in [1.54, 1.807) is 17.6 Å². The fourth-order valence-corrected chi connectivity index (χ4v) is 2.93. The number of benzene rings is 1. The Morgan fingerprint density at radius 2 is 2.00 bits per heavy atom. The van der Waals surface area contributed by atoms with Gasteiger partial charge in [-0.25, -0.2) is 0 Å². The SMILES string of the molecule is CSC(=N)NC(=O)c1ccsc1CCc1ccccc1. The van der Waals surface area contributed by atoms with Gasteiger partial charge in [0.2, 0.25) is 0 Å². The first-order chi connectivity index (χ1) is 9.70. The van der Waals surface area contributed by atoms with Crippen LogP contribution in [0.25, 0.3) is 0 Å². The number of carbonyl (C=O) groups is 1. The van der Waals surface area contributed by atoms with Crippen LogP contribution >= 0.6 is 23.1 Å². The number of hydrogen-bond donors (Lipinski definition) is 2. The zero-order chi connectivity index (χ0) is 14.4. The summed E-state index contributed by atoms with van der Waals surface area (Å²) in [6, 6.07) is 12.1. The number of hydrogen-bond acceptors (Lipinski definition) is 4. The highest BCUT2D eigenvalue weighted by molar-refractivity contribution is 8.13. The van der Waals surface area contributed by atoms with Crippen LogP contribution < -0.4 is 5.32 Å². The normalized spacial score (nSPS) is 10.2. The van der Waals surface area contributed by atoms with Crippen LogP contribution in [0.5, 0.6) is 0 Å². The zero-order valence-corrected chi connectivity index (χ0v) is 12.8. The van der Waals surface area contributed by atoms with Gasteiger partial charge >= 0.3 is 0 Å². The van der Waals surface area contributed by atoms with Crippen molar-refractivity contribution in [2.24, 2.45) is 0 Å². The minimum absolute atomic E-state index is 0.176. The molecule has 0 spiro atoms. The maximum atomic E-state index is 12.0. The molecule has 104 valence electrons. The smallest absolute Gasteiger partial charge is 0.258 e. The zero-order valence-electron chi connectivity index (χ0n) is 11.2. The lowest BCUT2D eigenvalue weighted by Crippen LogP contribution is -2.27. The lowest BCUT2D eigenvalue weighted by Gasteiger charge is -2.05. The van der Waals surface area contributed by atoms with Crippen LogP contribution in [-0.4, -0.2) is 17.3 Å². The topological polar surface area (TPSA) is 53.0 Å². The van der Waals surface area contributed by atoms with Crippen LogP contribution in [0.15, 0.2) is 41.8 Å². The van der Waals surface area contributed by atoms with E-state index in [4.69, 9.17) is 5.41 Å². The van der Waals surface area contributed by atoms with Gasteiger partial charge in [0.15, 0.2) is 5.17 Å². The van der Waals surface area contributed by atoms with Crippen LogP contribution in [0.3, 0.4) is 0 Å². The number of thiophene rings is 1. The molecule has 2 rings (SSSR count). The van der Waals surface area contributed by atoms with Gasteiger partial charge in [0.1, 0.15) is 0 Å². The third kappa shape index (κ3) is 3.95. The minimum Gasteiger partial charge on any atom is -0.301 e. The first kappa shape index (κ1) is 14.8. The van der Waals surface area contributed by atoms with Crippen LogP contribution in [0.4, 0.5) is 0 Å². The molecule has 2 N–H and O–H groups in total. The summed E-state index contributed by atoms with van der Waals surface area (Å²) in [5.41, 5.74) is 1.95. The summed E-state index contributed by atoms with van der Waals surface area (Å²) in [6.07, 6.45) is 3.53. The first-order valence-corrected chi connectivity index (χ1v) is 8.35. The van der Waals surface area contributed by atoms with E-state index in [9.17, 15) is 4.79 Å². The number of amidine groups is 1. The van der Waals surface area contributed by atoms with Gasteiger partial charge in [-0.3, -0.25) is 10.2 Å². The molecule has 1 aromatic heterocycles. The minimum atomic E-state index is -0.186. The van der Waals surface area contributed by atoms with E-state index in [-0.39, 0.29) is 11.1 Å². The first-order valence-electron chi connectivity index (χ1n) is 6.25. The van der Waals surface area contributed by atoms with E-state index in [0.717, 1.165) is 17.7 Å². The molecule has 20 heavy (non-hydrogen) atoms. The lowest BCUT2D eigenvalue weighted by molar-refractivity contribution is 0.0977.